The minimum Gasteiger partial charge on any atom is -0.338 e. The highest BCUT2D eigenvalue weighted by Gasteiger charge is 2.36. The van der Waals surface area contributed by atoms with Crippen molar-refractivity contribution in [1.29, 1.82) is 0 Å². The van der Waals surface area contributed by atoms with Crippen molar-refractivity contribution in [1.82, 2.24) is 10.1 Å². The van der Waals surface area contributed by atoms with Gasteiger partial charge in [0.1, 0.15) is 0 Å². The normalized spacial score (nSPS) is 14.9. The second kappa shape index (κ2) is 6.51. The third-order valence-electron chi connectivity index (χ3n) is 4.23. The number of nitrogens with zero attached hydrogens (tertiary/aromatic N) is 2. The molecule has 1 aromatic carbocycles. The smallest absolute Gasteiger partial charge is 0.254 e. The summed E-state index contributed by atoms with van der Waals surface area (Å²) in [5.41, 5.74) is 0.570. The van der Waals surface area contributed by atoms with Gasteiger partial charge in [-0.05, 0) is 18.2 Å². The van der Waals surface area contributed by atoms with Crippen LogP contribution in [0.15, 0.2) is 28.8 Å². The molecule has 26 heavy (non-hydrogen) atoms. The lowest BCUT2D eigenvalue weighted by atomic mass is 9.92. The van der Waals surface area contributed by atoms with E-state index in [0.29, 0.717) is 0 Å². The van der Waals surface area contributed by atoms with E-state index in [1.807, 2.05) is 20.8 Å². The van der Waals surface area contributed by atoms with Crippen LogP contribution in [0.2, 0.25) is 0 Å². The highest BCUT2D eigenvalue weighted by molar-refractivity contribution is 5.98. The predicted octanol–water partition coefficient (Wildman–Crippen LogP) is 2.96. The Morgan fingerprint density at radius 1 is 1.19 bits per heavy atom. The number of amides is 2. The van der Waals surface area contributed by atoms with E-state index < -0.39 is 23.5 Å². The molecule has 0 atom stereocenters. The van der Waals surface area contributed by atoms with Crippen LogP contribution in [0, 0.1) is 17.6 Å². The molecule has 2 amide bonds. The van der Waals surface area contributed by atoms with E-state index in [4.69, 9.17) is 4.52 Å². The molecule has 2 heterocycles. The molecule has 8 heteroatoms. The highest BCUT2D eigenvalue weighted by atomic mass is 19.2. The largest absolute Gasteiger partial charge is 0.338 e. The molecule has 0 saturated carbocycles. The predicted molar refractivity (Wildman–Crippen MR) is 89.6 cm³/mol. The molecule has 2 aromatic rings. The fourth-order valence-electron chi connectivity index (χ4n) is 2.53. The summed E-state index contributed by atoms with van der Waals surface area (Å²) in [5, 5.41) is 6.56. The van der Waals surface area contributed by atoms with Crippen molar-refractivity contribution in [2.45, 2.75) is 26.2 Å². The number of likely N-dealkylation sites (tertiary alicyclic amines) is 1. The number of carbonyl (C=O) groups excluding carboxylic acids is 2. The van der Waals surface area contributed by atoms with Gasteiger partial charge in [-0.1, -0.05) is 25.9 Å². The van der Waals surface area contributed by atoms with Crippen molar-refractivity contribution >= 4 is 17.7 Å². The van der Waals surface area contributed by atoms with Crippen LogP contribution in [-0.4, -0.2) is 35.0 Å². The van der Waals surface area contributed by atoms with Crippen LogP contribution in [0.25, 0.3) is 0 Å². The molecule has 3 rings (SSSR count). The Bertz CT molecular complexity index is 852. The maximum Gasteiger partial charge on any atom is 0.254 e. The molecule has 1 aromatic heterocycles. The van der Waals surface area contributed by atoms with Gasteiger partial charge in [0.15, 0.2) is 11.6 Å². The van der Waals surface area contributed by atoms with Crippen LogP contribution in [0.5, 0.6) is 0 Å². The minimum atomic E-state index is -1.08. The first-order chi connectivity index (χ1) is 12.1. The minimum absolute atomic E-state index is 0.0489. The third-order valence-corrected chi connectivity index (χ3v) is 4.23. The van der Waals surface area contributed by atoms with Crippen LogP contribution < -0.4 is 5.32 Å². The maximum atomic E-state index is 13.2. The molecule has 1 N–H and O–H groups in total. The Balaban J connectivity index is 1.55. The number of hydrogen-bond acceptors (Lipinski definition) is 4. The first-order valence-corrected chi connectivity index (χ1v) is 8.17. The van der Waals surface area contributed by atoms with Crippen molar-refractivity contribution in [3.8, 4) is 0 Å². The Kier molecular flexibility index (Phi) is 4.52. The molecule has 6 nitrogen and oxygen atoms in total. The Morgan fingerprint density at radius 3 is 2.46 bits per heavy atom. The molecule has 0 aliphatic carbocycles. The number of benzene rings is 1. The van der Waals surface area contributed by atoms with Crippen LogP contribution >= 0.6 is 0 Å². The summed E-state index contributed by atoms with van der Waals surface area (Å²) in [5.74, 6) is -2.95. The van der Waals surface area contributed by atoms with E-state index in [1.54, 1.807) is 6.07 Å². The quantitative estimate of drug-likeness (QED) is 0.910. The van der Waals surface area contributed by atoms with Gasteiger partial charge < -0.3 is 9.42 Å². The summed E-state index contributed by atoms with van der Waals surface area (Å²) in [6.45, 7) is 6.33. The monoisotopic (exact) mass is 363 g/mol. The fourth-order valence-corrected chi connectivity index (χ4v) is 2.53. The molecule has 0 unspecified atom stereocenters. The molecular weight excluding hydrogens is 344 g/mol. The zero-order valence-corrected chi connectivity index (χ0v) is 14.7. The average Bonchev–Trinajstić information content (AvgIpc) is 2.97. The van der Waals surface area contributed by atoms with Crippen LogP contribution in [0.3, 0.4) is 0 Å². The van der Waals surface area contributed by atoms with Gasteiger partial charge in [0, 0.05) is 30.1 Å². The van der Waals surface area contributed by atoms with Crippen molar-refractivity contribution in [2.24, 2.45) is 5.92 Å². The number of halogens is 2. The maximum absolute atomic E-state index is 13.2. The first kappa shape index (κ1) is 18.0. The summed E-state index contributed by atoms with van der Waals surface area (Å²) in [4.78, 5) is 25.8. The zero-order chi connectivity index (χ0) is 19.1. The second-order valence-corrected chi connectivity index (χ2v) is 7.35. The number of nitrogens with one attached hydrogen (secondary N) is 1. The second-order valence-electron chi connectivity index (χ2n) is 7.35. The molecular formula is C18H19F2N3O3. The molecule has 1 fully saturated rings. The van der Waals surface area contributed by atoms with Crippen LogP contribution in [0.4, 0.5) is 14.7 Å². The van der Waals surface area contributed by atoms with Gasteiger partial charge in [-0.2, -0.15) is 0 Å². The summed E-state index contributed by atoms with van der Waals surface area (Å²) in [6.07, 6.45) is 0. The van der Waals surface area contributed by atoms with Gasteiger partial charge in [0.2, 0.25) is 11.8 Å². The number of hydrogen-bond donors (Lipinski definition) is 1. The SMILES string of the molecule is CC(C)(C)c1cc(NC(=O)C2CN(C(=O)c3ccc(F)c(F)c3)C2)on1. The lowest BCUT2D eigenvalue weighted by Crippen LogP contribution is -2.54. The van der Waals surface area contributed by atoms with Crippen LogP contribution in [0.1, 0.15) is 36.8 Å². The van der Waals surface area contributed by atoms with E-state index in [-0.39, 0.29) is 35.9 Å². The summed E-state index contributed by atoms with van der Waals surface area (Å²) in [7, 11) is 0. The average molecular weight is 363 g/mol. The van der Waals surface area contributed by atoms with Gasteiger partial charge in [-0.3, -0.25) is 14.9 Å². The molecule has 138 valence electrons. The molecule has 1 saturated heterocycles. The third kappa shape index (κ3) is 3.58. The summed E-state index contributed by atoms with van der Waals surface area (Å²) in [6, 6.07) is 4.65. The lowest BCUT2D eigenvalue weighted by Gasteiger charge is -2.38. The van der Waals surface area contributed by atoms with Crippen molar-refractivity contribution < 1.29 is 22.9 Å². The lowest BCUT2D eigenvalue weighted by molar-refractivity contribution is -0.123. The van der Waals surface area contributed by atoms with Gasteiger partial charge in [-0.25, -0.2) is 8.78 Å². The Morgan fingerprint density at radius 2 is 1.88 bits per heavy atom. The highest BCUT2D eigenvalue weighted by Crippen LogP contribution is 2.25. The van der Waals surface area contributed by atoms with Crippen molar-refractivity contribution in [3.63, 3.8) is 0 Å². The van der Waals surface area contributed by atoms with Gasteiger partial charge in [0.25, 0.3) is 5.91 Å². The number of rotatable bonds is 3. The van der Waals surface area contributed by atoms with E-state index in [0.717, 1.165) is 17.8 Å². The first-order valence-electron chi connectivity index (χ1n) is 8.17. The topological polar surface area (TPSA) is 75.4 Å². The van der Waals surface area contributed by atoms with Gasteiger partial charge in [0.05, 0.1) is 11.6 Å². The van der Waals surface area contributed by atoms with E-state index in [9.17, 15) is 18.4 Å². The molecule has 0 bridgehead atoms. The van der Waals surface area contributed by atoms with E-state index >= 15 is 0 Å². The summed E-state index contributed by atoms with van der Waals surface area (Å²) < 4.78 is 31.3. The number of carbonyl (C=O) groups is 2. The van der Waals surface area contributed by atoms with Crippen molar-refractivity contribution in [2.75, 3.05) is 18.4 Å². The molecule has 1 aliphatic rings. The fraction of sp³-hybridized carbons (Fsp3) is 0.389. The summed E-state index contributed by atoms with van der Waals surface area (Å²) >= 11 is 0. The Labute approximate surface area is 149 Å². The Hall–Kier alpha value is -2.77. The van der Waals surface area contributed by atoms with E-state index in [2.05, 4.69) is 10.5 Å². The van der Waals surface area contributed by atoms with Gasteiger partial charge in [-0.15, -0.1) is 0 Å². The number of anilines is 1. The van der Waals surface area contributed by atoms with Crippen molar-refractivity contribution in [3.05, 3.63) is 47.2 Å². The molecule has 0 radical (unpaired) electrons. The standard InChI is InChI=1S/C18H19F2N3O3/c1-18(2,3)14-7-15(26-22-14)21-16(24)11-8-23(9-11)17(25)10-4-5-12(19)13(20)6-10/h4-7,11H,8-9H2,1-3H3,(H,21,24). The molecule has 0 spiro atoms. The van der Waals surface area contributed by atoms with Crippen LogP contribution in [-0.2, 0) is 10.2 Å². The number of aromatic nitrogens is 1. The van der Waals surface area contributed by atoms with Gasteiger partial charge >= 0.3 is 0 Å². The molecule has 1 aliphatic heterocycles. The van der Waals surface area contributed by atoms with E-state index in [1.165, 1.54) is 11.0 Å². The zero-order valence-electron chi connectivity index (χ0n) is 14.7.